The van der Waals surface area contributed by atoms with Crippen molar-refractivity contribution < 1.29 is 4.79 Å². The van der Waals surface area contributed by atoms with E-state index in [0.29, 0.717) is 17.3 Å². The molecule has 0 aromatic heterocycles. The number of likely N-dealkylation sites (N-methyl/N-ethyl adjacent to an activating group) is 1. The standard InChI is InChI=1S/C16H16ClN3O/c1-19-10-11-20(15-9-5-4-8-14(15)19)16(21)18-13-7-3-2-6-12(13)17/h2-9H,10-11H2,1H3,(H,18,21). The number of amides is 2. The second kappa shape index (κ2) is 5.66. The molecule has 3 rings (SSSR count). The molecule has 108 valence electrons. The van der Waals surface area contributed by atoms with Gasteiger partial charge in [-0.1, -0.05) is 35.9 Å². The lowest BCUT2D eigenvalue weighted by Gasteiger charge is -2.35. The van der Waals surface area contributed by atoms with Crippen LogP contribution in [0.4, 0.5) is 21.9 Å². The second-order valence-corrected chi connectivity index (χ2v) is 5.38. The van der Waals surface area contributed by atoms with Gasteiger partial charge < -0.3 is 10.2 Å². The van der Waals surface area contributed by atoms with Crippen LogP contribution in [-0.2, 0) is 0 Å². The van der Waals surface area contributed by atoms with E-state index in [1.807, 2.05) is 43.4 Å². The third kappa shape index (κ3) is 2.67. The Balaban J connectivity index is 1.86. The van der Waals surface area contributed by atoms with Crippen LogP contribution < -0.4 is 15.1 Å². The first-order valence-electron chi connectivity index (χ1n) is 6.80. The number of carbonyl (C=O) groups excluding carboxylic acids is 1. The number of carbonyl (C=O) groups is 1. The fraction of sp³-hybridized carbons (Fsp3) is 0.188. The quantitative estimate of drug-likeness (QED) is 0.869. The minimum Gasteiger partial charge on any atom is -0.371 e. The van der Waals surface area contributed by atoms with Gasteiger partial charge in [-0.15, -0.1) is 0 Å². The molecule has 0 atom stereocenters. The predicted octanol–water partition coefficient (Wildman–Crippen LogP) is 3.83. The van der Waals surface area contributed by atoms with Crippen molar-refractivity contribution in [1.29, 1.82) is 0 Å². The third-order valence-electron chi connectivity index (χ3n) is 3.60. The van der Waals surface area contributed by atoms with Gasteiger partial charge in [-0.2, -0.15) is 0 Å². The molecule has 5 heteroatoms. The van der Waals surface area contributed by atoms with Crippen LogP contribution in [0.5, 0.6) is 0 Å². The number of rotatable bonds is 1. The summed E-state index contributed by atoms with van der Waals surface area (Å²) in [6.07, 6.45) is 0. The highest BCUT2D eigenvalue weighted by molar-refractivity contribution is 6.33. The van der Waals surface area contributed by atoms with E-state index < -0.39 is 0 Å². The molecule has 0 aliphatic carbocycles. The first-order chi connectivity index (χ1) is 10.2. The summed E-state index contributed by atoms with van der Waals surface area (Å²) in [5.74, 6) is 0. The van der Waals surface area contributed by atoms with Crippen molar-refractivity contribution in [2.45, 2.75) is 0 Å². The molecule has 0 bridgehead atoms. The van der Waals surface area contributed by atoms with Gasteiger partial charge in [0.1, 0.15) is 0 Å². The molecule has 21 heavy (non-hydrogen) atoms. The van der Waals surface area contributed by atoms with Crippen molar-refractivity contribution in [1.82, 2.24) is 0 Å². The van der Waals surface area contributed by atoms with Crippen LogP contribution in [-0.4, -0.2) is 26.2 Å². The molecule has 0 radical (unpaired) electrons. The van der Waals surface area contributed by atoms with Crippen molar-refractivity contribution in [3.63, 3.8) is 0 Å². The Morgan fingerprint density at radius 2 is 1.71 bits per heavy atom. The number of benzene rings is 2. The van der Waals surface area contributed by atoms with Gasteiger partial charge in [0, 0.05) is 20.1 Å². The summed E-state index contributed by atoms with van der Waals surface area (Å²) in [5, 5.41) is 3.41. The smallest absolute Gasteiger partial charge is 0.326 e. The topological polar surface area (TPSA) is 35.6 Å². The monoisotopic (exact) mass is 301 g/mol. The van der Waals surface area contributed by atoms with Crippen molar-refractivity contribution in [3.05, 3.63) is 53.6 Å². The molecule has 2 aromatic rings. The van der Waals surface area contributed by atoms with Gasteiger partial charge in [0.15, 0.2) is 0 Å². The minimum atomic E-state index is -0.163. The Bertz CT molecular complexity index is 674. The summed E-state index contributed by atoms with van der Waals surface area (Å²) in [6.45, 7) is 1.44. The normalized spacial score (nSPS) is 13.8. The average molecular weight is 302 g/mol. The van der Waals surface area contributed by atoms with E-state index in [0.717, 1.165) is 17.9 Å². The lowest BCUT2D eigenvalue weighted by molar-refractivity contribution is 0.257. The van der Waals surface area contributed by atoms with Crippen LogP contribution in [0.1, 0.15) is 0 Å². The Morgan fingerprint density at radius 1 is 1.05 bits per heavy atom. The van der Waals surface area contributed by atoms with Gasteiger partial charge in [-0.25, -0.2) is 4.79 Å². The molecule has 2 aromatic carbocycles. The number of halogens is 1. The van der Waals surface area contributed by atoms with Crippen molar-refractivity contribution in [2.24, 2.45) is 0 Å². The van der Waals surface area contributed by atoms with Crippen LogP contribution in [0, 0.1) is 0 Å². The molecular weight excluding hydrogens is 286 g/mol. The molecule has 0 unspecified atom stereocenters. The predicted molar refractivity (Wildman–Crippen MR) is 87.5 cm³/mol. The third-order valence-corrected chi connectivity index (χ3v) is 3.93. The number of hydrogen-bond donors (Lipinski definition) is 1. The highest BCUT2D eigenvalue weighted by Gasteiger charge is 2.25. The fourth-order valence-electron chi connectivity index (χ4n) is 2.46. The summed E-state index contributed by atoms with van der Waals surface area (Å²) in [5.41, 5.74) is 2.59. The Kier molecular flexibility index (Phi) is 3.71. The Morgan fingerprint density at radius 3 is 2.48 bits per heavy atom. The van der Waals surface area contributed by atoms with Gasteiger partial charge in [0.2, 0.25) is 0 Å². The molecule has 1 heterocycles. The zero-order valence-electron chi connectivity index (χ0n) is 11.7. The first kappa shape index (κ1) is 13.8. The summed E-state index contributed by atoms with van der Waals surface area (Å²) >= 11 is 6.09. The minimum absolute atomic E-state index is 0.163. The largest absolute Gasteiger partial charge is 0.371 e. The molecule has 0 saturated carbocycles. The lowest BCUT2D eigenvalue weighted by Crippen LogP contribution is -2.44. The molecule has 0 spiro atoms. The molecule has 0 fully saturated rings. The molecular formula is C16H16ClN3O. The highest BCUT2D eigenvalue weighted by Crippen LogP contribution is 2.32. The lowest BCUT2D eigenvalue weighted by atomic mass is 10.2. The number of para-hydroxylation sites is 3. The van der Waals surface area contributed by atoms with E-state index >= 15 is 0 Å². The van der Waals surface area contributed by atoms with E-state index in [1.54, 1.807) is 17.0 Å². The zero-order chi connectivity index (χ0) is 14.8. The van der Waals surface area contributed by atoms with Crippen LogP contribution in [0.25, 0.3) is 0 Å². The zero-order valence-corrected chi connectivity index (χ0v) is 12.5. The molecule has 1 aliphatic heterocycles. The fourth-order valence-corrected chi connectivity index (χ4v) is 2.65. The maximum absolute atomic E-state index is 12.5. The summed E-state index contributed by atoms with van der Waals surface area (Å²) in [6, 6.07) is 15.0. The highest BCUT2D eigenvalue weighted by atomic mass is 35.5. The van der Waals surface area contributed by atoms with Crippen molar-refractivity contribution in [2.75, 3.05) is 35.3 Å². The molecule has 0 saturated heterocycles. The van der Waals surface area contributed by atoms with Gasteiger partial charge >= 0.3 is 6.03 Å². The number of nitrogens with zero attached hydrogens (tertiary/aromatic N) is 2. The summed E-state index contributed by atoms with van der Waals surface area (Å²) in [4.78, 5) is 16.4. The molecule has 1 N–H and O–H groups in total. The SMILES string of the molecule is CN1CCN(C(=O)Nc2ccccc2Cl)c2ccccc21. The second-order valence-electron chi connectivity index (χ2n) is 4.97. The average Bonchev–Trinajstić information content (AvgIpc) is 2.50. The van der Waals surface area contributed by atoms with Gasteiger partial charge in [0.05, 0.1) is 22.1 Å². The van der Waals surface area contributed by atoms with Crippen molar-refractivity contribution >= 4 is 34.7 Å². The van der Waals surface area contributed by atoms with Gasteiger partial charge in [-0.3, -0.25) is 4.90 Å². The van der Waals surface area contributed by atoms with E-state index in [9.17, 15) is 4.79 Å². The first-order valence-corrected chi connectivity index (χ1v) is 7.18. The van der Waals surface area contributed by atoms with E-state index in [-0.39, 0.29) is 6.03 Å². The molecule has 4 nitrogen and oxygen atoms in total. The van der Waals surface area contributed by atoms with Crippen LogP contribution in [0.2, 0.25) is 5.02 Å². The number of anilines is 3. The summed E-state index contributed by atoms with van der Waals surface area (Å²) in [7, 11) is 2.03. The van der Waals surface area contributed by atoms with E-state index in [2.05, 4.69) is 10.2 Å². The Hall–Kier alpha value is -2.20. The van der Waals surface area contributed by atoms with Crippen LogP contribution in [0.3, 0.4) is 0 Å². The molecule has 2 amide bonds. The Labute approximate surface area is 128 Å². The maximum Gasteiger partial charge on any atom is 0.326 e. The van der Waals surface area contributed by atoms with Crippen molar-refractivity contribution in [3.8, 4) is 0 Å². The van der Waals surface area contributed by atoms with Crippen LogP contribution >= 0.6 is 11.6 Å². The number of nitrogens with one attached hydrogen (secondary N) is 1. The van der Waals surface area contributed by atoms with Crippen LogP contribution in [0.15, 0.2) is 48.5 Å². The van der Waals surface area contributed by atoms with Gasteiger partial charge in [0.25, 0.3) is 0 Å². The van der Waals surface area contributed by atoms with Gasteiger partial charge in [-0.05, 0) is 24.3 Å². The summed E-state index contributed by atoms with van der Waals surface area (Å²) < 4.78 is 0. The maximum atomic E-state index is 12.5. The number of fused-ring (bicyclic) bond motifs is 1. The number of hydrogen-bond acceptors (Lipinski definition) is 2. The molecule has 1 aliphatic rings. The van der Waals surface area contributed by atoms with E-state index in [4.69, 9.17) is 11.6 Å². The van der Waals surface area contributed by atoms with E-state index in [1.165, 1.54) is 0 Å². The number of urea groups is 1.